The molecule has 46 heavy (non-hydrogen) atoms. The molecule has 4 rings (SSSR count). The molecule has 4 amide bonds. The van der Waals surface area contributed by atoms with E-state index in [4.69, 9.17) is 15.5 Å². The fourth-order valence-electron chi connectivity index (χ4n) is 6.06. The zero-order valence-electron chi connectivity index (χ0n) is 26.0. The van der Waals surface area contributed by atoms with Crippen molar-refractivity contribution in [1.82, 2.24) is 25.4 Å². The summed E-state index contributed by atoms with van der Waals surface area (Å²) in [7, 11) is -5.81. The van der Waals surface area contributed by atoms with Crippen LogP contribution in [0.25, 0.3) is 10.9 Å². The first-order valence-electron chi connectivity index (χ1n) is 15.1. The van der Waals surface area contributed by atoms with Crippen molar-refractivity contribution in [2.24, 2.45) is 11.7 Å². The standard InChI is InChI=1S/C30H41F2N6O7P/c1-16(2)22(8-5-17(3)33)35-28(41)26-10-7-21-11-12-37(18(4)39)15-25(29(42)38(21)26)36-27(40)24-14-19-13-20(6-9-23(19)34-24)30(31,32)46(43,44)45/h6,9,13-14,16,21-22,25-26,34H,3,5,7-8,10-12,15,33H2,1-2,4H3,(H,35,41)(H,36,40)(H2,43,44,45)/t21-,22+,25+,26+/m1/s1. The number of hydrogen-bond acceptors (Lipinski definition) is 6. The highest BCUT2D eigenvalue weighted by molar-refractivity contribution is 7.52. The minimum absolute atomic E-state index is 0.0828. The first kappa shape index (κ1) is 35.1. The van der Waals surface area contributed by atoms with Crippen LogP contribution in [0.2, 0.25) is 0 Å². The van der Waals surface area contributed by atoms with Crippen molar-refractivity contribution in [2.45, 2.75) is 82.7 Å². The Bertz CT molecular complexity index is 1570. The van der Waals surface area contributed by atoms with Crippen LogP contribution in [0, 0.1) is 5.92 Å². The third-order valence-corrected chi connectivity index (χ3v) is 9.72. The lowest BCUT2D eigenvalue weighted by Crippen LogP contribution is -2.61. The van der Waals surface area contributed by atoms with Gasteiger partial charge in [-0.3, -0.25) is 23.7 Å². The van der Waals surface area contributed by atoms with Gasteiger partial charge in [-0.2, -0.15) is 8.78 Å². The van der Waals surface area contributed by atoms with Crippen LogP contribution in [0.15, 0.2) is 36.5 Å². The molecular weight excluding hydrogens is 625 g/mol. The van der Waals surface area contributed by atoms with Gasteiger partial charge in [0.1, 0.15) is 17.8 Å². The first-order chi connectivity index (χ1) is 21.4. The lowest BCUT2D eigenvalue weighted by molar-refractivity contribution is -0.145. The predicted octanol–water partition coefficient (Wildman–Crippen LogP) is 2.50. The highest BCUT2D eigenvalue weighted by Gasteiger charge is 2.50. The summed E-state index contributed by atoms with van der Waals surface area (Å²) in [5.74, 6) is -1.82. The second kappa shape index (κ2) is 13.5. The third kappa shape index (κ3) is 7.42. The number of aromatic amines is 1. The van der Waals surface area contributed by atoms with Gasteiger partial charge in [0, 0.05) is 54.3 Å². The number of allylic oxidation sites excluding steroid dienone is 1. The van der Waals surface area contributed by atoms with Crippen molar-refractivity contribution >= 4 is 42.1 Å². The van der Waals surface area contributed by atoms with Crippen LogP contribution in [0.5, 0.6) is 0 Å². The maximum atomic E-state index is 14.3. The van der Waals surface area contributed by atoms with E-state index in [0.717, 1.165) is 18.2 Å². The van der Waals surface area contributed by atoms with Crippen LogP contribution in [0.3, 0.4) is 0 Å². The van der Waals surface area contributed by atoms with Gasteiger partial charge in [-0.1, -0.05) is 26.5 Å². The third-order valence-electron chi connectivity index (χ3n) is 8.73. The van der Waals surface area contributed by atoms with E-state index in [2.05, 4.69) is 22.2 Å². The van der Waals surface area contributed by atoms with Gasteiger partial charge in [0.05, 0.1) is 0 Å². The fraction of sp³-hybridized carbons (Fsp3) is 0.533. The molecule has 3 heterocycles. The molecule has 2 aliphatic rings. The summed E-state index contributed by atoms with van der Waals surface area (Å²) in [6.07, 6.45) is 2.50. The van der Waals surface area contributed by atoms with Crippen molar-refractivity contribution in [3.63, 3.8) is 0 Å². The van der Waals surface area contributed by atoms with Crippen molar-refractivity contribution < 1.29 is 42.3 Å². The van der Waals surface area contributed by atoms with Gasteiger partial charge in [0.25, 0.3) is 5.91 Å². The number of alkyl halides is 2. The van der Waals surface area contributed by atoms with Gasteiger partial charge < -0.3 is 40.9 Å². The zero-order valence-corrected chi connectivity index (χ0v) is 26.9. The Morgan fingerprint density at radius 3 is 2.50 bits per heavy atom. The minimum atomic E-state index is -5.81. The van der Waals surface area contributed by atoms with E-state index in [-0.39, 0.29) is 53.0 Å². The quantitative estimate of drug-likeness (QED) is 0.208. The number of H-pyrrole nitrogens is 1. The van der Waals surface area contributed by atoms with Gasteiger partial charge in [-0.25, -0.2) is 0 Å². The molecule has 13 nitrogen and oxygen atoms in total. The zero-order chi connectivity index (χ0) is 34.1. The molecule has 2 aromatic rings. The van der Waals surface area contributed by atoms with Crippen molar-refractivity contribution in [2.75, 3.05) is 13.1 Å². The average Bonchev–Trinajstić information content (AvgIpc) is 3.58. The molecule has 252 valence electrons. The highest BCUT2D eigenvalue weighted by Crippen LogP contribution is 2.59. The number of carbonyl (C=O) groups is 4. The summed E-state index contributed by atoms with van der Waals surface area (Å²) in [5.41, 5.74) is 1.00. The lowest BCUT2D eigenvalue weighted by Gasteiger charge is -2.38. The number of hydrogen-bond donors (Lipinski definition) is 6. The second-order valence-corrected chi connectivity index (χ2v) is 14.0. The monoisotopic (exact) mass is 666 g/mol. The number of nitrogens with zero attached hydrogens (tertiary/aromatic N) is 2. The lowest BCUT2D eigenvalue weighted by atomic mass is 9.98. The highest BCUT2D eigenvalue weighted by atomic mass is 31.2. The molecule has 1 aromatic carbocycles. The number of nitrogens with one attached hydrogen (secondary N) is 3. The smallest absolute Gasteiger partial charge is 0.399 e. The molecule has 2 saturated heterocycles. The largest absolute Gasteiger partial charge is 0.403 e. The molecular formula is C30H41F2N6O7P. The summed E-state index contributed by atoms with van der Waals surface area (Å²) in [6.45, 7) is 9.18. The molecule has 0 spiro atoms. The number of nitrogens with two attached hydrogens (primary N) is 1. The fourth-order valence-corrected chi connectivity index (χ4v) is 6.54. The topological polar surface area (TPSA) is 198 Å². The molecule has 2 fully saturated rings. The number of fused-ring (bicyclic) bond motifs is 2. The Labute approximate surface area is 265 Å². The maximum Gasteiger partial charge on any atom is 0.399 e. The SMILES string of the molecule is C=C(N)CC[C@H](NC(=O)[C@@H]1CC[C@@H]2CCN(C(C)=O)C[C@H](NC(=O)c3cc4cc(C(F)(F)P(=O)(O)O)ccc4[nH]3)C(=O)N21)C(C)C. The first-order valence-corrected chi connectivity index (χ1v) is 16.7. The van der Waals surface area contributed by atoms with Crippen LogP contribution < -0.4 is 16.4 Å². The van der Waals surface area contributed by atoms with E-state index >= 15 is 0 Å². The molecule has 0 saturated carbocycles. The van der Waals surface area contributed by atoms with E-state index in [0.29, 0.717) is 44.3 Å². The van der Waals surface area contributed by atoms with E-state index in [1.54, 1.807) is 0 Å². The number of rotatable bonds is 10. The van der Waals surface area contributed by atoms with E-state index in [1.165, 1.54) is 22.8 Å². The summed E-state index contributed by atoms with van der Waals surface area (Å²) in [4.78, 5) is 77.4. The normalized spacial score (nSPS) is 21.5. The number of benzene rings is 1. The van der Waals surface area contributed by atoms with Crippen molar-refractivity contribution in [1.29, 1.82) is 0 Å². The number of amides is 4. The Hall–Kier alpha value is -3.81. The summed E-state index contributed by atoms with van der Waals surface area (Å²) < 4.78 is 39.9. The van der Waals surface area contributed by atoms with E-state index < -0.39 is 42.7 Å². The summed E-state index contributed by atoms with van der Waals surface area (Å²) in [5, 5.41) is 5.79. The van der Waals surface area contributed by atoms with Gasteiger partial charge in [0.15, 0.2) is 0 Å². The van der Waals surface area contributed by atoms with Crippen LogP contribution in [-0.4, -0.2) is 85.5 Å². The van der Waals surface area contributed by atoms with Crippen molar-refractivity contribution in [3.8, 4) is 0 Å². The molecule has 0 aliphatic carbocycles. The van der Waals surface area contributed by atoms with E-state index in [1.807, 2.05) is 13.8 Å². The van der Waals surface area contributed by atoms with Gasteiger partial charge in [0.2, 0.25) is 17.7 Å². The van der Waals surface area contributed by atoms with Crippen molar-refractivity contribution in [3.05, 3.63) is 47.8 Å². The van der Waals surface area contributed by atoms with Gasteiger partial charge in [-0.15, -0.1) is 0 Å². The molecule has 1 aromatic heterocycles. The molecule has 4 atom stereocenters. The second-order valence-electron chi connectivity index (χ2n) is 12.4. The number of halogens is 2. The maximum absolute atomic E-state index is 14.3. The summed E-state index contributed by atoms with van der Waals surface area (Å²) >= 11 is 0. The Morgan fingerprint density at radius 2 is 1.89 bits per heavy atom. The predicted molar refractivity (Wildman–Crippen MR) is 165 cm³/mol. The molecule has 0 unspecified atom stereocenters. The van der Waals surface area contributed by atoms with Crippen LogP contribution in [-0.2, 0) is 24.6 Å². The Kier molecular flexibility index (Phi) is 10.3. The average molecular weight is 667 g/mol. The molecule has 0 bridgehead atoms. The number of carbonyl (C=O) groups excluding carboxylic acids is 4. The van der Waals surface area contributed by atoms with Gasteiger partial charge in [-0.05, 0) is 56.2 Å². The molecule has 0 radical (unpaired) electrons. The van der Waals surface area contributed by atoms with Crippen LogP contribution in [0.4, 0.5) is 8.78 Å². The van der Waals surface area contributed by atoms with E-state index in [9.17, 15) is 32.5 Å². The Morgan fingerprint density at radius 1 is 1.20 bits per heavy atom. The van der Waals surface area contributed by atoms with Crippen LogP contribution >= 0.6 is 7.60 Å². The molecule has 7 N–H and O–H groups in total. The molecule has 16 heteroatoms. The number of aromatic nitrogens is 1. The molecule has 2 aliphatic heterocycles. The van der Waals surface area contributed by atoms with Gasteiger partial charge >= 0.3 is 13.3 Å². The summed E-state index contributed by atoms with van der Waals surface area (Å²) in [6, 6.07) is 1.54. The minimum Gasteiger partial charge on any atom is -0.403 e. The Balaban J connectivity index is 1.58. The van der Waals surface area contributed by atoms with Crippen LogP contribution in [0.1, 0.15) is 68.9 Å².